The molecule has 0 bridgehead atoms. The van der Waals surface area contributed by atoms with Crippen LogP contribution in [0.5, 0.6) is 5.88 Å². The van der Waals surface area contributed by atoms with Crippen LogP contribution in [0, 0.1) is 30.0 Å². The van der Waals surface area contributed by atoms with Gasteiger partial charge in [-0.05, 0) is 71.5 Å². The summed E-state index contributed by atoms with van der Waals surface area (Å²) in [6.45, 7) is 12.6. The summed E-state index contributed by atoms with van der Waals surface area (Å²) in [7, 11) is 0. The predicted octanol–water partition coefficient (Wildman–Crippen LogP) is 6.31. The highest BCUT2D eigenvalue weighted by molar-refractivity contribution is 6.05. The average molecular weight is 665 g/mol. The first-order chi connectivity index (χ1) is 22.5. The van der Waals surface area contributed by atoms with Crippen LogP contribution >= 0.6 is 0 Å². The number of fused-ring (bicyclic) bond motifs is 2. The normalized spacial score (nSPS) is 17.5. The van der Waals surface area contributed by atoms with Crippen LogP contribution in [0.25, 0.3) is 21.9 Å². The molecule has 2 aromatic heterocycles. The van der Waals surface area contributed by atoms with Crippen LogP contribution in [0.3, 0.4) is 0 Å². The number of hydrogen-bond acceptors (Lipinski definition) is 11. The SMILES string of the molecule is Cc1c(-c2cc3cc(NC(=O)O[C@@H]4COC[C@H]4C#N)ncc3c(NC(=O)OC(C)(C)C)c2F)cnc2c1N(C(=O)OC(C)(C)C)CCO2. The maximum atomic E-state index is 16.6. The van der Waals surface area contributed by atoms with E-state index in [-0.39, 0.29) is 54.7 Å². The van der Waals surface area contributed by atoms with Gasteiger partial charge in [0.1, 0.15) is 41.3 Å². The van der Waals surface area contributed by atoms with Crippen molar-refractivity contribution in [2.45, 2.75) is 65.8 Å². The monoisotopic (exact) mass is 664 g/mol. The molecule has 14 nitrogen and oxygen atoms in total. The minimum Gasteiger partial charge on any atom is -0.474 e. The highest BCUT2D eigenvalue weighted by Crippen LogP contribution is 2.42. The molecule has 254 valence electrons. The fraction of sp³-hybridized carbons (Fsp3) is 0.455. The number of anilines is 3. The number of carbonyl (C=O) groups excluding carboxylic acids is 3. The number of nitrogens with zero attached hydrogens (tertiary/aromatic N) is 4. The molecule has 5 rings (SSSR count). The number of pyridine rings is 2. The third kappa shape index (κ3) is 7.49. The van der Waals surface area contributed by atoms with E-state index < -0.39 is 47.3 Å². The number of halogens is 1. The Hall–Kier alpha value is -5.23. The summed E-state index contributed by atoms with van der Waals surface area (Å²) < 4.78 is 43.9. The van der Waals surface area contributed by atoms with Crippen molar-refractivity contribution in [1.82, 2.24) is 9.97 Å². The molecule has 2 N–H and O–H groups in total. The topological polar surface area (TPSA) is 174 Å². The van der Waals surface area contributed by atoms with Gasteiger partial charge in [0.25, 0.3) is 0 Å². The van der Waals surface area contributed by atoms with Gasteiger partial charge in [0.15, 0.2) is 5.82 Å². The molecule has 1 aromatic carbocycles. The first kappa shape index (κ1) is 34.1. The van der Waals surface area contributed by atoms with Crippen LogP contribution in [-0.4, -0.2) is 71.9 Å². The third-order valence-corrected chi connectivity index (χ3v) is 7.27. The van der Waals surface area contributed by atoms with E-state index >= 15 is 4.39 Å². The molecule has 15 heteroatoms. The molecular weight excluding hydrogens is 627 g/mol. The second-order valence-corrected chi connectivity index (χ2v) is 13.3. The zero-order valence-corrected chi connectivity index (χ0v) is 27.7. The lowest BCUT2D eigenvalue weighted by atomic mass is 9.96. The zero-order chi connectivity index (χ0) is 35.0. The van der Waals surface area contributed by atoms with Crippen LogP contribution in [0.1, 0.15) is 47.1 Å². The largest absolute Gasteiger partial charge is 0.474 e. The van der Waals surface area contributed by atoms with Gasteiger partial charge < -0.3 is 23.7 Å². The Morgan fingerprint density at radius 2 is 1.73 bits per heavy atom. The van der Waals surface area contributed by atoms with Crippen molar-refractivity contribution in [1.29, 1.82) is 5.26 Å². The van der Waals surface area contributed by atoms with Crippen molar-refractivity contribution in [3.63, 3.8) is 0 Å². The van der Waals surface area contributed by atoms with E-state index in [9.17, 15) is 19.6 Å². The van der Waals surface area contributed by atoms with Crippen LogP contribution in [0.15, 0.2) is 24.5 Å². The van der Waals surface area contributed by atoms with Crippen molar-refractivity contribution in [3.05, 3.63) is 35.9 Å². The molecule has 4 heterocycles. The van der Waals surface area contributed by atoms with E-state index in [1.54, 1.807) is 48.5 Å². The van der Waals surface area contributed by atoms with Crippen molar-refractivity contribution >= 4 is 46.2 Å². The van der Waals surface area contributed by atoms with Crippen LogP contribution in [0.4, 0.5) is 36.0 Å². The Morgan fingerprint density at radius 1 is 1.00 bits per heavy atom. The molecule has 0 unspecified atom stereocenters. The van der Waals surface area contributed by atoms with Gasteiger partial charge >= 0.3 is 18.3 Å². The fourth-order valence-corrected chi connectivity index (χ4v) is 5.22. The summed E-state index contributed by atoms with van der Waals surface area (Å²) in [5.74, 6) is -1.17. The third-order valence-electron chi connectivity index (χ3n) is 7.27. The molecule has 0 radical (unpaired) electrons. The molecule has 2 aliphatic heterocycles. The number of aromatic nitrogens is 2. The van der Waals surface area contributed by atoms with Crippen molar-refractivity contribution < 1.29 is 42.5 Å². The average Bonchev–Trinajstić information content (AvgIpc) is 3.43. The molecule has 1 fully saturated rings. The lowest BCUT2D eigenvalue weighted by molar-refractivity contribution is 0.0564. The van der Waals surface area contributed by atoms with E-state index in [0.29, 0.717) is 22.2 Å². The summed E-state index contributed by atoms with van der Waals surface area (Å²) in [6, 6.07) is 5.03. The van der Waals surface area contributed by atoms with Gasteiger partial charge in [0, 0.05) is 28.9 Å². The highest BCUT2D eigenvalue weighted by Gasteiger charge is 2.34. The molecule has 0 aliphatic carbocycles. The maximum absolute atomic E-state index is 16.6. The number of carbonyl (C=O) groups is 3. The first-order valence-electron chi connectivity index (χ1n) is 15.2. The van der Waals surface area contributed by atoms with Gasteiger partial charge in [-0.15, -0.1) is 0 Å². The van der Waals surface area contributed by atoms with Gasteiger partial charge in [-0.2, -0.15) is 5.26 Å². The van der Waals surface area contributed by atoms with Crippen LogP contribution in [-0.2, 0) is 18.9 Å². The lowest BCUT2D eigenvalue weighted by Gasteiger charge is -2.32. The Balaban J connectivity index is 1.58. The summed E-state index contributed by atoms with van der Waals surface area (Å²) >= 11 is 0. The number of ether oxygens (including phenoxy) is 5. The van der Waals surface area contributed by atoms with Crippen molar-refractivity contribution in [3.8, 4) is 23.1 Å². The summed E-state index contributed by atoms with van der Waals surface area (Å²) in [4.78, 5) is 48.8. The van der Waals surface area contributed by atoms with E-state index in [0.717, 1.165) is 0 Å². The molecule has 3 amide bonds. The Morgan fingerprint density at radius 3 is 2.42 bits per heavy atom. The van der Waals surface area contributed by atoms with E-state index in [1.807, 2.05) is 6.07 Å². The number of rotatable bonds is 4. The second kappa shape index (κ2) is 13.1. The van der Waals surface area contributed by atoms with E-state index in [4.69, 9.17) is 23.7 Å². The fourth-order valence-electron chi connectivity index (χ4n) is 5.22. The molecule has 2 aliphatic rings. The number of hydrogen-bond donors (Lipinski definition) is 2. The molecule has 2 atom stereocenters. The highest BCUT2D eigenvalue weighted by atomic mass is 19.1. The van der Waals surface area contributed by atoms with Crippen LogP contribution < -0.4 is 20.3 Å². The molecular formula is C33H37FN6O8. The standard InChI is InChI=1S/C33H37FN6O8/c1-17-21(13-37-28-27(17)40(8-9-45-28)31(43)48-33(5,6)7)20-10-18-11-24(38-29(41)46-23-16-44-15-19(23)12-35)36-14-22(18)26(25(20)34)39-30(42)47-32(2,3)4/h10-11,13-14,19,23H,8-9,15-16H2,1-7H3,(H,39,42)(H,36,38,41)/t19-,23-/m1/s1. The number of amides is 3. The quantitative estimate of drug-likeness (QED) is 0.299. The van der Waals surface area contributed by atoms with Crippen LogP contribution in [0.2, 0.25) is 0 Å². The van der Waals surface area contributed by atoms with E-state index in [1.165, 1.54) is 29.4 Å². The molecule has 48 heavy (non-hydrogen) atoms. The summed E-state index contributed by atoms with van der Waals surface area (Å²) in [5.41, 5.74) is -0.756. The van der Waals surface area contributed by atoms with Crippen molar-refractivity contribution in [2.24, 2.45) is 5.92 Å². The first-order valence-corrected chi connectivity index (χ1v) is 15.2. The number of benzene rings is 1. The summed E-state index contributed by atoms with van der Waals surface area (Å²) in [5, 5.41) is 14.9. The zero-order valence-electron chi connectivity index (χ0n) is 27.7. The molecule has 1 saturated heterocycles. The maximum Gasteiger partial charge on any atom is 0.415 e. The van der Waals surface area contributed by atoms with Gasteiger partial charge in [-0.1, -0.05) is 0 Å². The Kier molecular flexibility index (Phi) is 9.32. The minimum atomic E-state index is -0.902. The molecule has 0 spiro atoms. The van der Waals surface area contributed by atoms with Gasteiger partial charge in [0.05, 0.1) is 31.5 Å². The minimum absolute atomic E-state index is 0.0239. The molecule has 0 saturated carbocycles. The number of nitriles is 1. The smallest absolute Gasteiger partial charge is 0.415 e. The van der Waals surface area contributed by atoms with E-state index in [2.05, 4.69) is 20.6 Å². The van der Waals surface area contributed by atoms with Gasteiger partial charge in [0.2, 0.25) is 5.88 Å². The molecule has 3 aromatic rings. The Bertz CT molecular complexity index is 1810. The Labute approximate surface area is 276 Å². The predicted molar refractivity (Wildman–Crippen MR) is 172 cm³/mol. The lowest BCUT2D eigenvalue weighted by Crippen LogP contribution is -2.42. The second-order valence-electron chi connectivity index (χ2n) is 13.3. The summed E-state index contributed by atoms with van der Waals surface area (Å²) in [6.07, 6.45) is -0.410. The van der Waals surface area contributed by atoms with Gasteiger partial charge in [-0.25, -0.2) is 28.7 Å². The number of nitrogens with one attached hydrogen (secondary N) is 2. The van der Waals surface area contributed by atoms with Crippen molar-refractivity contribution in [2.75, 3.05) is 41.9 Å². The van der Waals surface area contributed by atoms with Gasteiger partial charge in [-0.3, -0.25) is 15.5 Å².